The maximum absolute atomic E-state index is 11.1. The summed E-state index contributed by atoms with van der Waals surface area (Å²) in [7, 11) is 0. The number of amides is 1. The zero-order chi connectivity index (χ0) is 9.71. The first-order valence-electron chi connectivity index (χ1n) is 5.99. The number of nitrogens with one attached hydrogen (secondary N) is 1. The molecule has 0 radical (unpaired) electrons. The van der Waals surface area contributed by atoms with Crippen LogP contribution in [-0.2, 0) is 4.79 Å². The van der Waals surface area contributed by atoms with Gasteiger partial charge in [0.1, 0.15) is 0 Å². The van der Waals surface area contributed by atoms with Gasteiger partial charge in [0, 0.05) is 13.0 Å². The van der Waals surface area contributed by atoms with E-state index < -0.39 is 0 Å². The van der Waals surface area contributed by atoms with Gasteiger partial charge in [-0.3, -0.25) is 4.79 Å². The molecule has 3 saturated carbocycles. The highest BCUT2D eigenvalue weighted by molar-refractivity contribution is 5.73. The van der Waals surface area contributed by atoms with Gasteiger partial charge in [0.05, 0.1) is 0 Å². The van der Waals surface area contributed by atoms with Crippen molar-refractivity contribution in [2.24, 2.45) is 23.7 Å². The van der Waals surface area contributed by atoms with Gasteiger partial charge in [-0.15, -0.1) is 0 Å². The van der Waals surface area contributed by atoms with Crippen molar-refractivity contribution in [3.63, 3.8) is 0 Å². The molecule has 3 bridgehead atoms. The molecule has 2 nitrogen and oxygen atoms in total. The zero-order valence-corrected chi connectivity index (χ0v) is 8.83. The summed E-state index contributed by atoms with van der Waals surface area (Å²) >= 11 is 0. The van der Waals surface area contributed by atoms with Crippen LogP contribution in [0.5, 0.6) is 0 Å². The monoisotopic (exact) mass is 193 g/mol. The highest BCUT2D eigenvalue weighted by Crippen LogP contribution is 2.54. The second-order valence-corrected chi connectivity index (χ2v) is 5.64. The van der Waals surface area contributed by atoms with Crippen LogP contribution in [0.1, 0.15) is 39.0 Å². The van der Waals surface area contributed by atoms with Crippen LogP contribution in [0.15, 0.2) is 0 Å². The van der Waals surface area contributed by atoms with Crippen LogP contribution < -0.4 is 5.32 Å². The second kappa shape index (κ2) is 2.98. The van der Waals surface area contributed by atoms with Gasteiger partial charge in [0.15, 0.2) is 0 Å². The molecule has 2 heteroatoms. The van der Waals surface area contributed by atoms with Crippen molar-refractivity contribution in [2.75, 3.05) is 0 Å². The minimum Gasteiger partial charge on any atom is -0.353 e. The van der Waals surface area contributed by atoms with Crippen LogP contribution in [0.4, 0.5) is 0 Å². The molecule has 1 N–H and O–H groups in total. The summed E-state index contributed by atoms with van der Waals surface area (Å²) in [5.74, 6) is 3.86. The van der Waals surface area contributed by atoms with Crippen molar-refractivity contribution < 1.29 is 4.79 Å². The summed E-state index contributed by atoms with van der Waals surface area (Å²) in [6.07, 6.45) is 7.01. The fourth-order valence-electron chi connectivity index (χ4n) is 4.38. The molecule has 1 amide bonds. The SMILES string of the molecule is CC(=O)N[C@H]1C[C@H]2C[C@@H]3C[C@@H](C2)[C@H]1C3. The summed E-state index contributed by atoms with van der Waals surface area (Å²) < 4.78 is 0. The van der Waals surface area contributed by atoms with E-state index >= 15 is 0 Å². The molecular formula is C12H19NO. The lowest BCUT2D eigenvalue weighted by atomic mass is 9.70. The lowest BCUT2D eigenvalue weighted by molar-refractivity contribution is -0.120. The fraction of sp³-hybridized carbons (Fsp3) is 0.917. The van der Waals surface area contributed by atoms with E-state index in [2.05, 4.69) is 5.32 Å². The van der Waals surface area contributed by atoms with Gasteiger partial charge in [-0.1, -0.05) is 0 Å². The summed E-state index contributed by atoms with van der Waals surface area (Å²) in [5.41, 5.74) is 0. The van der Waals surface area contributed by atoms with Gasteiger partial charge in [-0.05, 0) is 55.8 Å². The van der Waals surface area contributed by atoms with Gasteiger partial charge in [-0.2, -0.15) is 0 Å². The Morgan fingerprint density at radius 2 is 1.79 bits per heavy atom. The Balaban J connectivity index is 1.79. The minimum absolute atomic E-state index is 0.166. The van der Waals surface area contributed by atoms with Gasteiger partial charge >= 0.3 is 0 Å². The quantitative estimate of drug-likeness (QED) is 0.677. The fourth-order valence-corrected chi connectivity index (χ4v) is 4.38. The number of carbonyl (C=O) groups excluding carboxylic acids is 1. The predicted molar refractivity (Wildman–Crippen MR) is 54.6 cm³/mol. The Labute approximate surface area is 85.4 Å². The Morgan fingerprint density at radius 3 is 2.50 bits per heavy atom. The molecule has 0 saturated heterocycles. The first-order chi connectivity index (χ1) is 6.72. The molecule has 3 aliphatic carbocycles. The molecule has 3 rings (SSSR count). The molecule has 5 atom stereocenters. The molecule has 0 heterocycles. The third-order valence-electron chi connectivity index (χ3n) is 4.64. The van der Waals surface area contributed by atoms with E-state index in [0.717, 1.165) is 23.7 Å². The zero-order valence-electron chi connectivity index (χ0n) is 8.83. The van der Waals surface area contributed by atoms with Crippen LogP contribution in [0, 0.1) is 23.7 Å². The number of fused-ring (bicyclic) bond motifs is 2. The highest BCUT2D eigenvalue weighted by Gasteiger charge is 2.48. The highest BCUT2D eigenvalue weighted by atomic mass is 16.1. The van der Waals surface area contributed by atoms with E-state index in [9.17, 15) is 4.79 Å². The van der Waals surface area contributed by atoms with Crippen molar-refractivity contribution in [1.29, 1.82) is 0 Å². The van der Waals surface area contributed by atoms with Crippen molar-refractivity contribution in [3.8, 4) is 0 Å². The van der Waals surface area contributed by atoms with E-state index in [1.54, 1.807) is 6.92 Å². The Morgan fingerprint density at radius 1 is 1.07 bits per heavy atom. The molecule has 78 valence electrons. The average Bonchev–Trinajstić information content (AvgIpc) is 2.32. The molecule has 0 unspecified atom stereocenters. The third kappa shape index (κ3) is 1.27. The topological polar surface area (TPSA) is 29.1 Å². The first kappa shape index (κ1) is 8.75. The van der Waals surface area contributed by atoms with Gasteiger partial charge in [-0.25, -0.2) is 0 Å². The van der Waals surface area contributed by atoms with Crippen molar-refractivity contribution in [1.82, 2.24) is 5.32 Å². The molecule has 3 aliphatic rings. The van der Waals surface area contributed by atoms with E-state index in [1.807, 2.05) is 0 Å². The van der Waals surface area contributed by atoms with Crippen LogP contribution in [0.25, 0.3) is 0 Å². The van der Waals surface area contributed by atoms with E-state index in [1.165, 1.54) is 32.1 Å². The summed E-state index contributed by atoms with van der Waals surface area (Å²) in [6, 6.07) is 0.517. The lowest BCUT2D eigenvalue weighted by Crippen LogP contribution is -2.45. The molecule has 0 aliphatic heterocycles. The first-order valence-corrected chi connectivity index (χ1v) is 5.99. The second-order valence-electron chi connectivity index (χ2n) is 5.64. The molecule has 0 aromatic heterocycles. The number of hydrogen-bond acceptors (Lipinski definition) is 1. The van der Waals surface area contributed by atoms with Crippen LogP contribution >= 0.6 is 0 Å². The predicted octanol–water partition coefficient (Wildman–Crippen LogP) is 1.95. The van der Waals surface area contributed by atoms with Gasteiger partial charge < -0.3 is 5.32 Å². The normalized spacial score (nSPS) is 49.4. The smallest absolute Gasteiger partial charge is 0.217 e. The number of rotatable bonds is 1. The number of carbonyl (C=O) groups is 1. The molecular weight excluding hydrogens is 174 g/mol. The summed E-state index contributed by atoms with van der Waals surface area (Å²) in [4.78, 5) is 11.1. The average molecular weight is 193 g/mol. The maximum atomic E-state index is 11.1. The van der Waals surface area contributed by atoms with E-state index in [4.69, 9.17) is 0 Å². The van der Waals surface area contributed by atoms with Crippen LogP contribution in [0.2, 0.25) is 0 Å². The maximum Gasteiger partial charge on any atom is 0.217 e. The number of hydrogen-bond donors (Lipinski definition) is 1. The molecule has 0 spiro atoms. The Kier molecular flexibility index (Phi) is 1.86. The third-order valence-corrected chi connectivity index (χ3v) is 4.64. The van der Waals surface area contributed by atoms with E-state index in [0.29, 0.717) is 6.04 Å². The minimum atomic E-state index is 0.166. The Hall–Kier alpha value is -0.530. The largest absolute Gasteiger partial charge is 0.353 e. The molecule has 0 aromatic rings. The van der Waals surface area contributed by atoms with Gasteiger partial charge in [0.2, 0.25) is 5.91 Å². The van der Waals surface area contributed by atoms with E-state index in [-0.39, 0.29) is 5.91 Å². The van der Waals surface area contributed by atoms with Crippen molar-refractivity contribution in [3.05, 3.63) is 0 Å². The Bertz CT molecular complexity index is 261. The van der Waals surface area contributed by atoms with Crippen LogP contribution in [0.3, 0.4) is 0 Å². The van der Waals surface area contributed by atoms with Gasteiger partial charge in [0.25, 0.3) is 0 Å². The molecule has 0 aromatic carbocycles. The summed E-state index contributed by atoms with van der Waals surface area (Å²) in [6.45, 7) is 1.66. The lowest BCUT2D eigenvalue weighted by Gasteiger charge is -2.39. The van der Waals surface area contributed by atoms with Crippen molar-refractivity contribution in [2.45, 2.75) is 45.1 Å². The van der Waals surface area contributed by atoms with Crippen LogP contribution in [-0.4, -0.2) is 11.9 Å². The molecule has 14 heavy (non-hydrogen) atoms. The molecule has 3 fully saturated rings. The summed E-state index contributed by atoms with van der Waals surface area (Å²) in [5, 5.41) is 3.17. The van der Waals surface area contributed by atoms with Crippen molar-refractivity contribution >= 4 is 5.91 Å². The standard InChI is InChI=1S/C12H19NO/c1-7(14)13-12-6-9-2-8-3-10(4-9)11(12)5-8/h8-12H,2-6H2,1H3,(H,13,14)/t8-,9+,10+,11-,12+/m1/s1.